The van der Waals surface area contributed by atoms with Gasteiger partial charge in [0.1, 0.15) is 11.5 Å². The van der Waals surface area contributed by atoms with Crippen LogP contribution in [0.15, 0.2) is 137 Å². The number of unbranched alkanes of at least 4 members (excludes halogenated alkanes) is 2. The van der Waals surface area contributed by atoms with E-state index in [4.69, 9.17) is 4.74 Å². The molecule has 15 heteroatoms. The van der Waals surface area contributed by atoms with E-state index in [-0.39, 0.29) is 36.4 Å². The lowest BCUT2D eigenvalue weighted by Gasteiger charge is -2.24. The topological polar surface area (TPSA) is 139 Å². The Balaban J connectivity index is 0.979. The summed E-state index contributed by atoms with van der Waals surface area (Å²) in [7, 11) is 0. The number of benzene rings is 6. The second-order valence-corrected chi connectivity index (χ2v) is 17.6. The first-order valence-electron chi connectivity index (χ1n) is 19.6. The molecule has 0 aliphatic heterocycles. The number of phenols is 2. The number of anilines is 2. The van der Waals surface area contributed by atoms with E-state index >= 15 is 0 Å². The van der Waals surface area contributed by atoms with Crippen molar-refractivity contribution in [2.75, 3.05) is 49.2 Å². The van der Waals surface area contributed by atoms with E-state index in [2.05, 4.69) is 143 Å². The molecule has 6 rings (SSSR count). The van der Waals surface area contributed by atoms with Gasteiger partial charge in [-0.1, -0.05) is 60.7 Å². The Bertz CT molecular complexity index is 2320. The summed E-state index contributed by atoms with van der Waals surface area (Å²) in [6.45, 7) is 2.70. The molecule has 0 saturated carbocycles. The van der Waals surface area contributed by atoms with Gasteiger partial charge in [0.2, 0.25) is 0 Å². The van der Waals surface area contributed by atoms with Crippen molar-refractivity contribution in [1.29, 1.82) is 0 Å². The predicted molar refractivity (Wildman–Crippen MR) is 260 cm³/mol. The number of aromatic hydroxyl groups is 2. The van der Waals surface area contributed by atoms with Gasteiger partial charge in [0.05, 0.1) is 43.4 Å². The number of hydrogen-bond acceptors (Lipinski definition) is 9. The zero-order chi connectivity index (χ0) is 43.1. The second-order valence-electron chi connectivity index (χ2n) is 14.2. The molecule has 11 nitrogen and oxygen atoms in total. The Morgan fingerprint density at radius 1 is 0.541 bits per heavy atom. The van der Waals surface area contributed by atoms with Crippen LogP contribution in [-0.4, -0.2) is 73.8 Å². The molecule has 0 fully saturated rings. The Hall–Kier alpha value is -4.80. The van der Waals surface area contributed by atoms with Gasteiger partial charge in [0, 0.05) is 37.7 Å². The Labute approximate surface area is 388 Å². The number of fused-ring (bicyclic) bond motifs is 2. The van der Waals surface area contributed by atoms with E-state index in [0.29, 0.717) is 55.3 Å². The fourth-order valence-electron chi connectivity index (χ4n) is 6.56. The number of carbonyl (C=O) groups excluding carboxylic acids is 2. The number of hydrazone groups is 2. The van der Waals surface area contributed by atoms with Crippen molar-refractivity contribution in [3.63, 3.8) is 0 Å². The van der Waals surface area contributed by atoms with Gasteiger partial charge in [-0.15, -0.1) is 0 Å². The molecule has 0 unspecified atom stereocenters. The molecule has 0 aliphatic rings. The van der Waals surface area contributed by atoms with Gasteiger partial charge in [-0.3, -0.25) is 9.59 Å². The molecule has 0 heterocycles. The fourth-order valence-corrected chi connectivity index (χ4v) is 9.00. The van der Waals surface area contributed by atoms with Crippen molar-refractivity contribution in [3.05, 3.63) is 138 Å². The summed E-state index contributed by atoms with van der Waals surface area (Å²) >= 11 is 13.3. The zero-order valence-electron chi connectivity index (χ0n) is 33.0. The highest BCUT2D eigenvalue weighted by Crippen LogP contribution is 2.34. The maximum atomic E-state index is 13.1. The van der Waals surface area contributed by atoms with E-state index < -0.39 is 0 Å². The number of amides is 2. The molecular weight excluding hydrogens is 1040 g/mol. The quantitative estimate of drug-likeness (QED) is 0.0339. The van der Waals surface area contributed by atoms with Crippen LogP contribution < -0.4 is 20.7 Å². The van der Waals surface area contributed by atoms with Gasteiger partial charge < -0.3 is 24.7 Å². The van der Waals surface area contributed by atoms with Crippen LogP contribution in [0.4, 0.5) is 11.4 Å². The average Bonchev–Trinajstić information content (AvgIpc) is 3.25. The largest absolute Gasteiger partial charge is 0.506 e. The summed E-state index contributed by atoms with van der Waals surface area (Å²) in [6, 6.07) is 35.5. The molecule has 0 aliphatic carbocycles. The van der Waals surface area contributed by atoms with E-state index in [1.165, 1.54) is 12.4 Å². The van der Waals surface area contributed by atoms with Crippen LogP contribution in [0.25, 0.3) is 21.5 Å². The van der Waals surface area contributed by atoms with E-state index in [1.54, 1.807) is 24.3 Å². The summed E-state index contributed by atoms with van der Waals surface area (Å²) in [6.07, 6.45) is 6.31. The molecule has 0 spiro atoms. The maximum Gasteiger partial charge on any atom is 0.259 e. The van der Waals surface area contributed by atoms with Crippen molar-refractivity contribution in [1.82, 2.24) is 10.9 Å². The molecule has 0 saturated heterocycles. The summed E-state index contributed by atoms with van der Waals surface area (Å²) in [5, 5.41) is 32.7. The van der Waals surface area contributed by atoms with Gasteiger partial charge in [0.25, 0.3) is 11.8 Å². The maximum absolute atomic E-state index is 13.1. The van der Waals surface area contributed by atoms with Crippen molar-refractivity contribution < 1.29 is 24.5 Å². The molecular formula is C46H44Br4N6O5. The van der Waals surface area contributed by atoms with Gasteiger partial charge in [-0.25, -0.2) is 10.9 Å². The Morgan fingerprint density at radius 3 is 1.31 bits per heavy atom. The number of halogens is 4. The molecule has 6 aromatic carbocycles. The molecule has 61 heavy (non-hydrogen) atoms. The van der Waals surface area contributed by atoms with Gasteiger partial charge >= 0.3 is 0 Å². The Kier molecular flexibility index (Phi) is 17.1. The van der Waals surface area contributed by atoms with E-state index in [0.717, 1.165) is 58.6 Å². The lowest BCUT2D eigenvalue weighted by Crippen LogP contribution is -2.36. The molecule has 6 aromatic rings. The normalized spacial score (nSPS) is 11.5. The monoisotopic (exact) mass is 1080 g/mol. The lowest BCUT2D eigenvalue weighted by molar-refractivity contribution is -0.120. The molecule has 316 valence electrons. The number of hydrogen-bond donors (Lipinski definition) is 4. The van der Waals surface area contributed by atoms with Crippen molar-refractivity contribution in [2.45, 2.75) is 25.7 Å². The highest BCUT2D eigenvalue weighted by molar-refractivity contribution is 9.11. The SMILES string of the molecule is O=C(CN(CCCCOCCCCN(CC(=O)N/N=C\c1cc(Br)c(O)c(Br)c1)c1ccc2ccccc2c1)c1ccc2ccccc2c1)N/N=C\c1cc(Br)c(O)c(Br)c1. The third kappa shape index (κ3) is 13.6. The molecule has 4 N–H and O–H groups in total. The van der Waals surface area contributed by atoms with Gasteiger partial charge in [-0.05, 0) is 171 Å². The summed E-state index contributed by atoms with van der Waals surface area (Å²) in [5.41, 5.74) is 8.56. The molecule has 0 bridgehead atoms. The number of ether oxygens (including phenoxy) is 1. The molecule has 0 aromatic heterocycles. The number of rotatable bonds is 20. The number of carbonyl (C=O) groups is 2. The van der Waals surface area contributed by atoms with Crippen LogP contribution in [0, 0.1) is 0 Å². The average molecular weight is 1080 g/mol. The summed E-state index contributed by atoms with van der Waals surface area (Å²) in [5.74, 6) is -0.322. The van der Waals surface area contributed by atoms with Crippen LogP contribution >= 0.6 is 63.7 Å². The minimum absolute atomic E-state index is 0.0925. The number of nitrogens with one attached hydrogen (secondary N) is 2. The molecule has 2 amide bonds. The van der Waals surface area contributed by atoms with Crippen LogP contribution in [0.2, 0.25) is 0 Å². The fraction of sp³-hybridized carbons (Fsp3) is 0.217. The highest BCUT2D eigenvalue weighted by Gasteiger charge is 2.15. The third-order valence-electron chi connectivity index (χ3n) is 9.68. The van der Waals surface area contributed by atoms with Crippen LogP contribution in [-0.2, 0) is 14.3 Å². The van der Waals surface area contributed by atoms with Gasteiger partial charge in [-0.2, -0.15) is 10.2 Å². The zero-order valence-corrected chi connectivity index (χ0v) is 39.4. The van der Waals surface area contributed by atoms with Crippen molar-refractivity contribution in [2.24, 2.45) is 10.2 Å². The smallest absolute Gasteiger partial charge is 0.259 e. The third-order valence-corrected chi connectivity index (χ3v) is 12.1. The second kappa shape index (κ2) is 22.9. The number of phenolic OH excluding ortho intramolecular Hbond substituents is 2. The molecule has 0 radical (unpaired) electrons. The minimum atomic E-state index is -0.253. The van der Waals surface area contributed by atoms with Gasteiger partial charge in [0.15, 0.2) is 0 Å². The lowest BCUT2D eigenvalue weighted by atomic mass is 10.1. The first kappa shape index (κ1) is 45.7. The first-order valence-corrected chi connectivity index (χ1v) is 22.8. The van der Waals surface area contributed by atoms with E-state index in [1.807, 2.05) is 36.4 Å². The molecule has 0 atom stereocenters. The minimum Gasteiger partial charge on any atom is -0.506 e. The van der Waals surface area contributed by atoms with E-state index in [9.17, 15) is 19.8 Å². The summed E-state index contributed by atoms with van der Waals surface area (Å²) in [4.78, 5) is 30.3. The predicted octanol–water partition coefficient (Wildman–Crippen LogP) is 10.6. The van der Waals surface area contributed by atoms with Crippen molar-refractivity contribution >= 4 is 121 Å². The van der Waals surface area contributed by atoms with Crippen molar-refractivity contribution in [3.8, 4) is 11.5 Å². The standard InChI is InChI=1S/C46H44Br4N6O5/c47-39-21-31(22-40(48)45(39)59)27-51-53-43(57)29-55(37-15-13-33-9-1-3-11-35(33)25-37)17-5-7-19-61-20-8-6-18-56(38-16-14-34-10-2-4-12-36(34)26-38)30-44(58)54-52-28-32-23-41(49)46(60)42(50)24-32/h1-4,9-16,21-28,59-60H,5-8,17-20,29-30H2,(H,53,57)(H,54,58)/b51-27-,52-28-. The number of nitrogens with zero attached hydrogens (tertiary/aromatic N) is 4. The van der Waals surface area contributed by atoms with Crippen LogP contribution in [0.3, 0.4) is 0 Å². The van der Waals surface area contributed by atoms with Crippen LogP contribution in [0.5, 0.6) is 11.5 Å². The summed E-state index contributed by atoms with van der Waals surface area (Å²) < 4.78 is 8.10. The highest BCUT2D eigenvalue weighted by atomic mass is 79.9. The Morgan fingerprint density at radius 2 is 0.918 bits per heavy atom. The first-order chi connectivity index (χ1) is 29.5. The van der Waals surface area contributed by atoms with Crippen LogP contribution in [0.1, 0.15) is 36.8 Å².